The normalized spacial score (nSPS) is 13.2. The predicted molar refractivity (Wildman–Crippen MR) is 292 cm³/mol. The van der Waals surface area contributed by atoms with Crippen LogP contribution in [0.4, 0.5) is 0 Å². The smallest absolute Gasteiger partial charge is 0.220 e. The van der Waals surface area contributed by atoms with Gasteiger partial charge in [-0.1, -0.05) is 315 Å². The molecule has 0 bridgehead atoms. The van der Waals surface area contributed by atoms with Crippen molar-refractivity contribution in [1.82, 2.24) is 5.32 Å². The molecule has 0 aromatic carbocycles. The number of unbranched alkanes of at least 4 members (excludes halogenated alkanes) is 47. The minimum Gasteiger partial charge on any atom is -0.394 e. The fourth-order valence-corrected chi connectivity index (χ4v) is 9.93. The number of allylic oxidation sites excluding steroid dienone is 2. The first kappa shape index (κ1) is 65.1. The van der Waals surface area contributed by atoms with Gasteiger partial charge in [0, 0.05) is 6.42 Å². The summed E-state index contributed by atoms with van der Waals surface area (Å²) >= 11 is 0. The summed E-state index contributed by atoms with van der Waals surface area (Å²) in [6.07, 6.45) is 71.1. The molecule has 3 unspecified atom stereocenters. The van der Waals surface area contributed by atoms with Crippen molar-refractivity contribution >= 4 is 5.91 Å². The SMILES string of the molecule is CCCCCCCCCCCCCCCCCCCCC/C=C/CCCC(O)C(O)C(CO)NC(=O)CCCCCCCCCCCCCCCCCCCCCCCCCCCCCC. The summed E-state index contributed by atoms with van der Waals surface area (Å²) in [6, 6.07) is -0.823. The molecule has 0 aromatic heterocycles. The standard InChI is InChI=1S/C61H121NO4/c1-3-5-7-9-11-13-15-17-19-21-23-25-27-29-30-31-32-34-36-38-40-42-44-46-48-50-52-54-56-60(65)62-58(57-63)61(66)59(64)55-53-51-49-47-45-43-41-39-37-35-33-28-26-24-22-20-18-16-14-12-10-8-6-4-2/h47,49,58-59,61,63-64,66H,3-46,48,50-57H2,1-2H3,(H,62,65)/b49-47+. The molecule has 5 heteroatoms. The molecule has 394 valence electrons. The van der Waals surface area contributed by atoms with Crippen molar-refractivity contribution in [2.75, 3.05) is 6.61 Å². The molecule has 66 heavy (non-hydrogen) atoms. The van der Waals surface area contributed by atoms with E-state index in [9.17, 15) is 20.1 Å². The van der Waals surface area contributed by atoms with E-state index in [0.717, 1.165) is 38.5 Å². The van der Waals surface area contributed by atoms with Crippen molar-refractivity contribution in [2.45, 2.75) is 366 Å². The minimum atomic E-state index is -1.16. The number of hydrogen-bond donors (Lipinski definition) is 4. The highest BCUT2D eigenvalue weighted by Gasteiger charge is 2.26. The van der Waals surface area contributed by atoms with Crippen molar-refractivity contribution < 1.29 is 20.1 Å². The molecule has 0 heterocycles. The summed E-state index contributed by atoms with van der Waals surface area (Å²) in [6.45, 7) is 4.22. The van der Waals surface area contributed by atoms with Gasteiger partial charge in [0.05, 0.1) is 18.8 Å². The second kappa shape index (κ2) is 56.7. The molecule has 0 spiro atoms. The molecule has 0 radical (unpaired) electrons. The second-order valence-electron chi connectivity index (χ2n) is 21.3. The molecule has 0 aliphatic carbocycles. The summed E-state index contributed by atoms with van der Waals surface area (Å²) in [4.78, 5) is 12.5. The monoisotopic (exact) mass is 932 g/mol. The van der Waals surface area contributed by atoms with Gasteiger partial charge in [0.25, 0.3) is 0 Å². The lowest BCUT2D eigenvalue weighted by Crippen LogP contribution is -2.50. The Hall–Kier alpha value is -0.910. The van der Waals surface area contributed by atoms with Crippen LogP contribution in [0.25, 0.3) is 0 Å². The van der Waals surface area contributed by atoms with Crippen LogP contribution in [0, 0.1) is 0 Å². The lowest BCUT2D eigenvalue weighted by molar-refractivity contribution is -0.124. The van der Waals surface area contributed by atoms with Gasteiger partial charge in [-0.3, -0.25) is 4.79 Å². The van der Waals surface area contributed by atoms with Crippen LogP contribution in [0.15, 0.2) is 12.2 Å². The summed E-state index contributed by atoms with van der Waals surface area (Å²) in [7, 11) is 0. The van der Waals surface area contributed by atoms with Crippen molar-refractivity contribution in [2.24, 2.45) is 0 Å². The summed E-state index contributed by atoms with van der Waals surface area (Å²) in [5, 5.41) is 33.8. The first-order valence-corrected chi connectivity index (χ1v) is 30.5. The van der Waals surface area contributed by atoms with Gasteiger partial charge in [0.2, 0.25) is 5.91 Å². The zero-order valence-corrected chi connectivity index (χ0v) is 45.1. The van der Waals surface area contributed by atoms with E-state index in [2.05, 4.69) is 31.3 Å². The first-order valence-electron chi connectivity index (χ1n) is 30.5. The van der Waals surface area contributed by atoms with Gasteiger partial charge in [-0.15, -0.1) is 0 Å². The van der Waals surface area contributed by atoms with Crippen LogP contribution in [-0.2, 0) is 4.79 Å². The maximum absolute atomic E-state index is 12.5. The Morgan fingerprint density at radius 3 is 0.879 bits per heavy atom. The predicted octanol–water partition coefficient (Wildman–Crippen LogP) is 19.1. The zero-order valence-electron chi connectivity index (χ0n) is 45.1. The topological polar surface area (TPSA) is 89.8 Å². The maximum atomic E-state index is 12.5. The molecule has 0 fully saturated rings. The van der Waals surface area contributed by atoms with E-state index in [-0.39, 0.29) is 12.5 Å². The van der Waals surface area contributed by atoms with Crippen LogP contribution in [0.2, 0.25) is 0 Å². The van der Waals surface area contributed by atoms with Crippen molar-refractivity contribution in [3.63, 3.8) is 0 Å². The van der Waals surface area contributed by atoms with E-state index in [1.54, 1.807) is 0 Å². The lowest BCUT2D eigenvalue weighted by Gasteiger charge is -2.26. The van der Waals surface area contributed by atoms with Crippen molar-refractivity contribution in [1.29, 1.82) is 0 Å². The highest BCUT2D eigenvalue weighted by molar-refractivity contribution is 5.76. The van der Waals surface area contributed by atoms with Gasteiger partial charge in [0.15, 0.2) is 0 Å². The number of carbonyl (C=O) groups excluding carboxylic acids is 1. The average Bonchev–Trinajstić information content (AvgIpc) is 3.32. The quantitative estimate of drug-likeness (QED) is 0.0361. The molecule has 0 rings (SSSR count). The second-order valence-corrected chi connectivity index (χ2v) is 21.3. The van der Waals surface area contributed by atoms with Crippen LogP contribution in [0.3, 0.4) is 0 Å². The van der Waals surface area contributed by atoms with Gasteiger partial charge in [-0.25, -0.2) is 0 Å². The molecule has 4 N–H and O–H groups in total. The minimum absolute atomic E-state index is 0.146. The Balaban J connectivity index is 3.50. The Kier molecular flexibility index (Phi) is 55.9. The Morgan fingerprint density at radius 1 is 0.364 bits per heavy atom. The molecule has 0 saturated carbocycles. The largest absolute Gasteiger partial charge is 0.394 e. The van der Waals surface area contributed by atoms with E-state index in [1.165, 1.54) is 283 Å². The number of aliphatic hydroxyl groups excluding tert-OH is 3. The summed E-state index contributed by atoms with van der Waals surface area (Å²) in [5.41, 5.74) is 0. The van der Waals surface area contributed by atoms with Crippen LogP contribution < -0.4 is 5.32 Å². The number of carbonyl (C=O) groups is 1. The number of hydrogen-bond acceptors (Lipinski definition) is 4. The lowest BCUT2D eigenvalue weighted by atomic mass is 10.0. The third kappa shape index (κ3) is 51.0. The highest BCUT2D eigenvalue weighted by Crippen LogP contribution is 2.19. The maximum Gasteiger partial charge on any atom is 0.220 e. The molecular weight excluding hydrogens is 811 g/mol. The van der Waals surface area contributed by atoms with Crippen molar-refractivity contribution in [3.8, 4) is 0 Å². The molecule has 5 nitrogen and oxygen atoms in total. The average molecular weight is 933 g/mol. The zero-order chi connectivity index (χ0) is 47.9. The molecular formula is C61H121NO4. The number of nitrogens with one attached hydrogen (secondary N) is 1. The van der Waals surface area contributed by atoms with E-state index < -0.39 is 18.2 Å². The highest BCUT2D eigenvalue weighted by atomic mass is 16.3. The Morgan fingerprint density at radius 2 is 0.606 bits per heavy atom. The Bertz CT molecular complexity index is 940. The number of amides is 1. The van der Waals surface area contributed by atoms with Gasteiger partial charge in [-0.2, -0.15) is 0 Å². The summed E-state index contributed by atoms with van der Waals surface area (Å²) in [5.74, 6) is -0.146. The van der Waals surface area contributed by atoms with Crippen LogP contribution in [0.5, 0.6) is 0 Å². The van der Waals surface area contributed by atoms with E-state index in [1.807, 2.05) is 0 Å². The Labute approximate surface area is 414 Å². The first-order chi connectivity index (χ1) is 32.6. The van der Waals surface area contributed by atoms with Gasteiger partial charge in [0.1, 0.15) is 6.10 Å². The van der Waals surface area contributed by atoms with E-state index >= 15 is 0 Å². The molecule has 0 aliphatic heterocycles. The van der Waals surface area contributed by atoms with Crippen LogP contribution in [-0.4, -0.2) is 46.1 Å². The number of rotatable bonds is 57. The third-order valence-electron chi connectivity index (χ3n) is 14.6. The molecule has 1 amide bonds. The molecule has 3 atom stereocenters. The number of aliphatic hydroxyl groups is 3. The van der Waals surface area contributed by atoms with Gasteiger partial charge < -0.3 is 20.6 Å². The van der Waals surface area contributed by atoms with Crippen LogP contribution >= 0.6 is 0 Å². The van der Waals surface area contributed by atoms with Gasteiger partial charge in [-0.05, 0) is 38.5 Å². The third-order valence-corrected chi connectivity index (χ3v) is 14.6. The van der Waals surface area contributed by atoms with E-state index in [4.69, 9.17) is 0 Å². The summed E-state index contributed by atoms with van der Waals surface area (Å²) < 4.78 is 0. The fourth-order valence-electron chi connectivity index (χ4n) is 9.93. The van der Waals surface area contributed by atoms with E-state index in [0.29, 0.717) is 12.8 Å². The van der Waals surface area contributed by atoms with Gasteiger partial charge >= 0.3 is 0 Å². The fraction of sp³-hybridized carbons (Fsp3) is 0.951. The molecule has 0 aliphatic rings. The van der Waals surface area contributed by atoms with Crippen LogP contribution in [0.1, 0.15) is 348 Å². The van der Waals surface area contributed by atoms with Crippen molar-refractivity contribution in [3.05, 3.63) is 12.2 Å². The molecule has 0 aromatic rings. The molecule has 0 saturated heterocycles.